The van der Waals surface area contributed by atoms with Gasteiger partial charge >= 0.3 is 0 Å². The van der Waals surface area contributed by atoms with Crippen molar-refractivity contribution >= 4 is 27.5 Å². The zero-order valence-corrected chi connectivity index (χ0v) is 12.0. The van der Waals surface area contributed by atoms with E-state index in [0.717, 1.165) is 28.8 Å². The predicted molar refractivity (Wildman–Crippen MR) is 73.8 cm³/mol. The Morgan fingerprint density at radius 1 is 1.33 bits per heavy atom. The molecule has 0 spiro atoms. The van der Waals surface area contributed by atoms with Crippen LogP contribution in [-0.2, 0) is 24.3 Å². The molecule has 2 aromatic rings. The van der Waals surface area contributed by atoms with Gasteiger partial charge in [0.25, 0.3) is 0 Å². The van der Waals surface area contributed by atoms with E-state index in [4.69, 9.17) is 16.3 Å². The summed E-state index contributed by atoms with van der Waals surface area (Å²) in [5.41, 5.74) is 3.30. The normalized spacial score (nSPS) is 14.6. The predicted octanol–water partition coefficient (Wildman–Crippen LogP) is 3.42. The van der Waals surface area contributed by atoms with E-state index >= 15 is 0 Å². The minimum atomic E-state index is 0.578. The molecule has 0 radical (unpaired) electrons. The first kappa shape index (κ1) is 12.2. The van der Waals surface area contributed by atoms with Gasteiger partial charge < -0.3 is 4.74 Å². The molecule has 2 heterocycles. The highest BCUT2D eigenvalue weighted by molar-refractivity contribution is 9.10. The first-order valence-electron chi connectivity index (χ1n) is 5.80. The molecule has 0 atom stereocenters. The molecule has 94 valence electrons. The van der Waals surface area contributed by atoms with Crippen LogP contribution in [-0.4, -0.2) is 16.4 Å². The molecule has 0 amide bonds. The molecule has 1 aliphatic heterocycles. The standard InChI is InChI=1S/C13H12BrClN2O/c14-10-3-1-9(2-4-10)7-17-13(15)11-8-18-6-5-12(11)16-17/h1-4H,5-8H2. The van der Waals surface area contributed by atoms with Crippen LogP contribution in [0.5, 0.6) is 0 Å². The van der Waals surface area contributed by atoms with Gasteiger partial charge in [0.1, 0.15) is 5.15 Å². The Hall–Kier alpha value is -0.840. The van der Waals surface area contributed by atoms with Gasteiger partial charge in [0.05, 0.1) is 25.5 Å². The lowest BCUT2D eigenvalue weighted by atomic mass is 10.2. The summed E-state index contributed by atoms with van der Waals surface area (Å²) in [6.07, 6.45) is 0.850. The fourth-order valence-corrected chi connectivity index (χ4v) is 2.60. The number of fused-ring (bicyclic) bond motifs is 1. The zero-order valence-electron chi connectivity index (χ0n) is 9.70. The highest BCUT2D eigenvalue weighted by Crippen LogP contribution is 2.25. The van der Waals surface area contributed by atoms with Crippen LogP contribution in [0.4, 0.5) is 0 Å². The summed E-state index contributed by atoms with van der Waals surface area (Å²) >= 11 is 9.76. The molecule has 5 heteroatoms. The summed E-state index contributed by atoms with van der Waals surface area (Å²) in [6, 6.07) is 8.18. The number of benzene rings is 1. The van der Waals surface area contributed by atoms with E-state index in [1.165, 1.54) is 5.56 Å². The molecular weight excluding hydrogens is 316 g/mol. The van der Waals surface area contributed by atoms with Gasteiger partial charge in [-0.25, -0.2) is 4.68 Å². The average Bonchev–Trinajstić information content (AvgIpc) is 2.70. The van der Waals surface area contributed by atoms with E-state index in [1.54, 1.807) is 0 Å². The Morgan fingerprint density at radius 2 is 2.11 bits per heavy atom. The molecular formula is C13H12BrClN2O. The molecule has 1 aromatic heterocycles. The smallest absolute Gasteiger partial charge is 0.133 e. The molecule has 3 rings (SSSR count). The van der Waals surface area contributed by atoms with Crippen LogP contribution < -0.4 is 0 Å². The van der Waals surface area contributed by atoms with E-state index in [0.29, 0.717) is 18.3 Å². The van der Waals surface area contributed by atoms with Crippen LogP contribution in [0.2, 0.25) is 5.15 Å². The monoisotopic (exact) mass is 326 g/mol. The van der Waals surface area contributed by atoms with Crippen LogP contribution in [0, 0.1) is 0 Å². The summed E-state index contributed by atoms with van der Waals surface area (Å²) in [7, 11) is 0. The maximum Gasteiger partial charge on any atom is 0.133 e. The van der Waals surface area contributed by atoms with Crippen LogP contribution in [0.25, 0.3) is 0 Å². The number of nitrogens with zero attached hydrogens (tertiary/aromatic N) is 2. The summed E-state index contributed by atoms with van der Waals surface area (Å²) in [6.45, 7) is 2.01. The molecule has 0 aliphatic carbocycles. The minimum absolute atomic E-state index is 0.578. The molecule has 1 aliphatic rings. The second kappa shape index (κ2) is 5.03. The summed E-state index contributed by atoms with van der Waals surface area (Å²) < 4.78 is 8.34. The van der Waals surface area contributed by atoms with Crippen molar-refractivity contribution in [3.05, 3.63) is 50.7 Å². The van der Waals surface area contributed by atoms with Crippen molar-refractivity contribution in [1.29, 1.82) is 0 Å². The van der Waals surface area contributed by atoms with E-state index in [9.17, 15) is 0 Å². The summed E-state index contributed by atoms with van der Waals surface area (Å²) in [5, 5.41) is 5.26. The lowest BCUT2D eigenvalue weighted by Gasteiger charge is -2.09. The molecule has 1 aromatic carbocycles. The molecule has 0 bridgehead atoms. The maximum atomic E-state index is 6.33. The molecule has 0 fully saturated rings. The lowest BCUT2D eigenvalue weighted by Crippen LogP contribution is -2.08. The maximum absolute atomic E-state index is 6.33. The van der Waals surface area contributed by atoms with Crippen LogP contribution in [0.1, 0.15) is 16.8 Å². The number of ether oxygens (including phenoxy) is 1. The van der Waals surface area contributed by atoms with E-state index in [2.05, 4.69) is 33.2 Å². The number of hydrogen-bond donors (Lipinski definition) is 0. The van der Waals surface area contributed by atoms with Crippen molar-refractivity contribution in [2.75, 3.05) is 6.61 Å². The Balaban J connectivity index is 1.88. The highest BCUT2D eigenvalue weighted by Gasteiger charge is 2.19. The van der Waals surface area contributed by atoms with Gasteiger partial charge in [0.15, 0.2) is 0 Å². The lowest BCUT2D eigenvalue weighted by molar-refractivity contribution is 0.110. The van der Waals surface area contributed by atoms with Gasteiger partial charge in [-0.3, -0.25) is 0 Å². The Morgan fingerprint density at radius 3 is 2.83 bits per heavy atom. The van der Waals surface area contributed by atoms with Gasteiger partial charge in [-0.1, -0.05) is 39.7 Å². The van der Waals surface area contributed by atoms with Gasteiger partial charge in [0.2, 0.25) is 0 Å². The average molecular weight is 328 g/mol. The Bertz CT molecular complexity index is 565. The van der Waals surface area contributed by atoms with Gasteiger partial charge in [0, 0.05) is 16.5 Å². The van der Waals surface area contributed by atoms with Gasteiger partial charge in [-0.05, 0) is 17.7 Å². The quantitative estimate of drug-likeness (QED) is 0.845. The first-order valence-corrected chi connectivity index (χ1v) is 6.97. The van der Waals surface area contributed by atoms with E-state index in [1.807, 2.05) is 16.8 Å². The van der Waals surface area contributed by atoms with Gasteiger partial charge in [-0.15, -0.1) is 0 Å². The van der Waals surface area contributed by atoms with Crippen molar-refractivity contribution in [2.45, 2.75) is 19.6 Å². The number of halogens is 2. The number of aromatic nitrogens is 2. The third kappa shape index (κ3) is 2.32. The van der Waals surface area contributed by atoms with E-state index in [-0.39, 0.29) is 0 Å². The first-order chi connectivity index (χ1) is 8.74. The fraction of sp³-hybridized carbons (Fsp3) is 0.308. The van der Waals surface area contributed by atoms with Crippen molar-refractivity contribution in [3.8, 4) is 0 Å². The zero-order chi connectivity index (χ0) is 12.5. The molecule has 0 saturated heterocycles. The van der Waals surface area contributed by atoms with E-state index < -0.39 is 0 Å². The molecule has 3 nitrogen and oxygen atoms in total. The topological polar surface area (TPSA) is 27.1 Å². The number of hydrogen-bond acceptors (Lipinski definition) is 2. The van der Waals surface area contributed by atoms with Crippen LogP contribution in [0.3, 0.4) is 0 Å². The fourth-order valence-electron chi connectivity index (χ4n) is 2.08. The third-order valence-corrected chi connectivity index (χ3v) is 3.99. The molecule has 0 N–H and O–H groups in total. The van der Waals surface area contributed by atoms with Crippen LogP contribution in [0.15, 0.2) is 28.7 Å². The second-order valence-corrected chi connectivity index (χ2v) is 5.58. The Labute approximate surface area is 119 Å². The summed E-state index contributed by atoms with van der Waals surface area (Å²) in [5.74, 6) is 0. The third-order valence-electron chi connectivity index (χ3n) is 3.04. The van der Waals surface area contributed by atoms with Crippen molar-refractivity contribution < 1.29 is 4.74 Å². The van der Waals surface area contributed by atoms with Gasteiger partial charge in [-0.2, -0.15) is 5.10 Å². The van der Waals surface area contributed by atoms with Crippen molar-refractivity contribution in [3.63, 3.8) is 0 Å². The second-order valence-electron chi connectivity index (χ2n) is 4.30. The Kier molecular flexibility index (Phi) is 3.41. The minimum Gasteiger partial charge on any atom is -0.376 e. The molecule has 0 unspecified atom stereocenters. The molecule has 0 saturated carbocycles. The molecule has 18 heavy (non-hydrogen) atoms. The van der Waals surface area contributed by atoms with Crippen LogP contribution >= 0.6 is 27.5 Å². The van der Waals surface area contributed by atoms with Crippen molar-refractivity contribution in [2.24, 2.45) is 0 Å². The number of rotatable bonds is 2. The largest absolute Gasteiger partial charge is 0.376 e. The SMILES string of the molecule is Clc1c2c(nn1Cc1ccc(Br)cc1)CCOC2. The summed E-state index contributed by atoms with van der Waals surface area (Å²) in [4.78, 5) is 0. The highest BCUT2D eigenvalue weighted by atomic mass is 79.9. The van der Waals surface area contributed by atoms with Crippen molar-refractivity contribution in [1.82, 2.24) is 9.78 Å².